The molecule has 0 saturated carbocycles. The van der Waals surface area contributed by atoms with Crippen molar-refractivity contribution >= 4 is 33.2 Å². The van der Waals surface area contributed by atoms with Crippen molar-refractivity contribution in [3.8, 4) is 0 Å². The molecule has 0 radical (unpaired) electrons. The lowest BCUT2D eigenvalue weighted by atomic mass is 10.2. The van der Waals surface area contributed by atoms with Gasteiger partial charge in [0.05, 0.1) is 16.9 Å². The molecule has 0 unspecified atom stereocenters. The first-order chi connectivity index (χ1) is 8.99. The van der Waals surface area contributed by atoms with Crippen molar-refractivity contribution < 1.29 is 13.6 Å². The molecule has 6 heteroatoms. The van der Waals surface area contributed by atoms with Crippen LogP contribution in [0.1, 0.15) is 10.4 Å². The standard InChI is InChI=1S/C13H9BrF2N2O/c14-8-4-2-1-3-7(8)13(19)18-12-6-11(17)9(15)5-10(12)16/h1-6H,17H2,(H,18,19). The van der Waals surface area contributed by atoms with E-state index in [4.69, 9.17) is 5.73 Å². The summed E-state index contributed by atoms with van der Waals surface area (Å²) in [7, 11) is 0. The molecule has 2 aromatic carbocycles. The third-order valence-corrected chi connectivity index (χ3v) is 3.14. The van der Waals surface area contributed by atoms with Gasteiger partial charge in [-0.1, -0.05) is 12.1 Å². The van der Waals surface area contributed by atoms with E-state index >= 15 is 0 Å². The van der Waals surface area contributed by atoms with E-state index in [1.54, 1.807) is 24.3 Å². The summed E-state index contributed by atoms with van der Waals surface area (Å²) < 4.78 is 27.1. The maximum absolute atomic E-state index is 13.5. The number of hydrogen-bond acceptors (Lipinski definition) is 2. The number of anilines is 2. The molecule has 98 valence electrons. The molecule has 2 aromatic rings. The molecule has 3 nitrogen and oxygen atoms in total. The SMILES string of the molecule is Nc1cc(NC(=O)c2ccccc2Br)c(F)cc1F. The lowest BCUT2D eigenvalue weighted by Crippen LogP contribution is -2.14. The summed E-state index contributed by atoms with van der Waals surface area (Å²) in [5, 5.41) is 2.34. The predicted octanol–water partition coefficient (Wildman–Crippen LogP) is 3.56. The van der Waals surface area contributed by atoms with E-state index in [1.807, 2.05) is 0 Å². The van der Waals surface area contributed by atoms with Crippen molar-refractivity contribution in [3.63, 3.8) is 0 Å². The molecule has 0 bridgehead atoms. The number of halogens is 3. The minimum atomic E-state index is -0.882. The first-order valence-electron chi connectivity index (χ1n) is 5.29. The Kier molecular flexibility index (Phi) is 3.80. The third-order valence-electron chi connectivity index (χ3n) is 2.45. The lowest BCUT2D eigenvalue weighted by molar-refractivity contribution is 0.102. The third kappa shape index (κ3) is 2.90. The first-order valence-corrected chi connectivity index (χ1v) is 6.08. The molecular weight excluding hydrogens is 318 g/mol. The zero-order valence-corrected chi connectivity index (χ0v) is 11.2. The molecule has 0 aliphatic rings. The molecule has 2 rings (SSSR count). The molecule has 0 heterocycles. The van der Waals surface area contributed by atoms with Crippen LogP contribution in [0.2, 0.25) is 0 Å². The summed E-state index contributed by atoms with van der Waals surface area (Å²) in [6.07, 6.45) is 0. The highest BCUT2D eigenvalue weighted by Crippen LogP contribution is 2.23. The van der Waals surface area contributed by atoms with Crippen LogP contribution < -0.4 is 11.1 Å². The first kappa shape index (κ1) is 13.5. The average molecular weight is 327 g/mol. The molecule has 19 heavy (non-hydrogen) atoms. The predicted molar refractivity (Wildman–Crippen MR) is 72.9 cm³/mol. The Hall–Kier alpha value is -1.95. The Morgan fingerprint density at radius 3 is 2.53 bits per heavy atom. The van der Waals surface area contributed by atoms with Crippen LogP contribution in [0.3, 0.4) is 0 Å². The fourth-order valence-corrected chi connectivity index (χ4v) is 1.96. The fourth-order valence-electron chi connectivity index (χ4n) is 1.50. The van der Waals surface area contributed by atoms with Crippen molar-refractivity contribution in [2.45, 2.75) is 0 Å². The highest BCUT2D eigenvalue weighted by molar-refractivity contribution is 9.10. The second kappa shape index (κ2) is 5.36. The number of rotatable bonds is 2. The zero-order chi connectivity index (χ0) is 14.0. The quantitative estimate of drug-likeness (QED) is 0.829. The van der Waals surface area contributed by atoms with Gasteiger partial charge in [-0.25, -0.2) is 8.78 Å². The Bertz CT molecular complexity index is 647. The minimum Gasteiger partial charge on any atom is -0.396 e. The Morgan fingerprint density at radius 2 is 1.84 bits per heavy atom. The van der Waals surface area contributed by atoms with Crippen molar-refractivity contribution in [1.29, 1.82) is 0 Å². The summed E-state index contributed by atoms with van der Waals surface area (Å²) >= 11 is 3.22. The molecule has 0 aliphatic carbocycles. The fraction of sp³-hybridized carbons (Fsp3) is 0. The summed E-state index contributed by atoms with van der Waals surface area (Å²) in [6, 6.07) is 8.35. The Morgan fingerprint density at radius 1 is 1.16 bits per heavy atom. The van der Waals surface area contributed by atoms with Crippen LogP contribution in [0.5, 0.6) is 0 Å². The number of benzene rings is 2. The van der Waals surface area contributed by atoms with Crippen molar-refractivity contribution in [1.82, 2.24) is 0 Å². The number of nitrogens with two attached hydrogens (primary N) is 1. The molecule has 0 atom stereocenters. The van der Waals surface area contributed by atoms with Gasteiger partial charge in [-0.05, 0) is 34.1 Å². The van der Waals surface area contributed by atoms with Crippen molar-refractivity contribution in [2.75, 3.05) is 11.1 Å². The second-order valence-corrected chi connectivity index (χ2v) is 4.64. The number of carbonyl (C=O) groups excluding carboxylic acids is 1. The van der Waals surface area contributed by atoms with E-state index in [2.05, 4.69) is 21.2 Å². The monoisotopic (exact) mass is 326 g/mol. The van der Waals surface area contributed by atoms with Crippen LogP contribution in [0.15, 0.2) is 40.9 Å². The number of amides is 1. The van der Waals surface area contributed by atoms with Gasteiger partial charge in [0.15, 0.2) is 0 Å². The van der Waals surface area contributed by atoms with Gasteiger partial charge in [0.1, 0.15) is 11.6 Å². The van der Waals surface area contributed by atoms with Gasteiger partial charge in [-0.2, -0.15) is 0 Å². The van der Waals surface area contributed by atoms with Gasteiger partial charge in [0.25, 0.3) is 5.91 Å². The number of nitrogen functional groups attached to an aromatic ring is 1. The highest BCUT2D eigenvalue weighted by Gasteiger charge is 2.13. The Balaban J connectivity index is 2.30. The smallest absolute Gasteiger partial charge is 0.256 e. The summed E-state index contributed by atoms with van der Waals surface area (Å²) in [5.41, 5.74) is 5.27. The van der Waals surface area contributed by atoms with E-state index in [1.165, 1.54) is 0 Å². The number of nitrogens with one attached hydrogen (secondary N) is 1. The maximum Gasteiger partial charge on any atom is 0.256 e. The van der Waals surface area contributed by atoms with E-state index in [0.29, 0.717) is 16.1 Å². The molecule has 1 amide bonds. The van der Waals surface area contributed by atoms with Crippen LogP contribution in [0.4, 0.5) is 20.2 Å². The minimum absolute atomic E-state index is 0.167. The molecular formula is C13H9BrF2N2O. The molecule has 0 spiro atoms. The van der Waals surface area contributed by atoms with E-state index in [0.717, 1.165) is 6.07 Å². The number of carbonyl (C=O) groups is 1. The van der Waals surface area contributed by atoms with E-state index in [9.17, 15) is 13.6 Å². The second-order valence-electron chi connectivity index (χ2n) is 3.79. The molecule has 0 fully saturated rings. The summed E-state index contributed by atoms with van der Waals surface area (Å²) in [5.74, 6) is -2.26. The van der Waals surface area contributed by atoms with Crippen LogP contribution in [-0.2, 0) is 0 Å². The van der Waals surface area contributed by atoms with Crippen LogP contribution in [-0.4, -0.2) is 5.91 Å². The zero-order valence-electron chi connectivity index (χ0n) is 9.58. The maximum atomic E-state index is 13.5. The lowest BCUT2D eigenvalue weighted by Gasteiger charge is -2.09. The van der Waals surface area contributed by atoms with Gasteiger partial charge in [-0.3, -0.25) is 4.79 Å². The molecule has 0 saturated heterocycles. The number of hydrogen-bond donors (Lipinski definition) is 2. The van der Waals surface area contributed by atoms with Gasteiger partial charge in [0.2, 0.25) is 0 Å². The van der Waals surface area contributed by atoms with Crippen LogP contribution in [0.25, 0.3) is 0 Å². The summed E-state index contributed by atoms with van der Waals surface area (Å²) in [4.78, 5) is 11.9. The Labute approximate surface area is 116 Å². The largest absolute Gasteiger partial charge is 0.396 e. The molecule has 0 aliphatic heterocycles. The van der Waals surface area contributed by atoms with Crippen molar-refractivity contribution in [3.05, 3.63) is 58.1 Å². The van der Waals surface area contributed by atoms with Crippen molar-refractivity contribution in [2.24, 2.45) is 0 Å². The molecule has 0 aromatic heterocycles. The normalized spacial score (nSPS) is 10.3. The van der Waals surface area contributed by atoms with Gasteiger partial charge < -0.3 is 11.1 Å². The van der Waals surface area contributed by atoms with E-state index < -0.39 is 17.5 Å². The summed E-state index contributed by atoms with van der Waals surface area (Å²) in [6.45, 7) is 0. The highest BCUT2D eigenvalue weighted by atomic mass is 79.9. The molecule has 3 N–H and O–H groups in total. The van der Waals surface area contributed by atoms with Gasteiger partial charge in [-0.15, -0.1) is 0 Å². The van der Waals surface area contributed by atoms with Gasteiger partial charge in [0, 0.05) is 10.5 Å². The topological polar surface area (TPSA) is 55.1 Å². The van der Waals surface area contributed by atoms with Crippen LogP contribution >= 0.6 is 15.9 Å². The van der Waals surface area contributed by atoms with E-state index in [-0.39, 0.29) is 11.4 Å². The van der Waals surface area contributed by atoms with Gasteiger partial charge >= 0.3 is 0 Å². The average Bonchev–Trinajstić information content (AvgIpc) is 2.36. The van der Waals surface area contributed by atoms with Crippen LogP contribution in [0, 0.1) is 11.6 Å².